The third-order valence-electron chi connectivity index (χ3n) is 0.611. The highest BCUT2D eigenvalue weighted by molar-refractivity contribution is 6.17. The fourth-order valence-electron chi connectivity index (χ4n) is 0.230. The van der Waals surface area contributed by atoms with Gasteiger partial charge in [0.25, 0.3) is 0 Å². The smallest absolute Gasteiger partial charge is 0.161 e. The van der Waals surface area contributed by atoms with Crippen LogP contribution in [0.4, 0.5) is 0 Å². The molecule has 0 radical (unpaired) electrons. The van der Waals surface area contributed by atoms with Crippen molar-refractivity contribution in [1.82, 2.24) is 0 Å². The summed E-state index contributed by atoms with van der Waals surface area (Å²) in [4.78, 5) is 0. The first-order valence-corrected chi connectivity index (χ1v) is 2.35. The van der Waals surface area contributed by atoms with Gasteiger partial charge in [0.15, 0.2) is 6.07 Å². The van der Waals surface area contributed by atoms with E-state index < -0.39 is 0 Å². The summed E-state index contributed by atoms with van der Waals surface area (Å²) in [7, 11) is 0. The zero-order valence-electron chi connectivity index (χ0n) is 3.28. The maximum absolute atomic E-state index is 5.17. The topological polar surface area (TPSA) is 9.23 Å². The molecule has 1 rings (SSSR count). The normalized spacial score (nSPS) is 16.5. The minimum Gasteiger partial charge on any atom is -0.482 e. The minimum absolute atomic E-state index is 0.297. The molecule has 0 spiro atoms. The molecule has 1 nitrogen and oxygen atoms in total. The van der Waals surface area contributed by atoms with E-state index in [-0.39, 0.29) is 0 Å². The number of halogens is 1. The summed E-state index contributed by atoms with van der Waals surface area (Å²) in [5.41, 5.74) is 0. The van der Waals surface area contributed by atoms with E-state index in [2.05, 4.69) is 0 Å². The molecule has 2 heteroatoms. The zero-order chi connectivity index (χ0) is 4.41. The predicted molar refractivity (Wildman–Crippen MR) is 24.5 cm³/mol. The van der Waals surface area contributed by atoms with Crippen molar-refractivity contribution in [2.75, 3.05) is 6.07 Å². The van der Waals surface area contributed by atoms with Gasteiger partial charge in [-0.15, -0.1) is 0 Å². The molecule has 0 amide bonds. The van der Waals surface area contributed by atoms with Crippen LogP contribution >= 0.6 is 11.6 Å². The lowest BCUT2D eigenvalue weighted by Crippen LogP contribution is -1.73. The van der Waals surface area contributed by atoms with Crippen molar-refractivity contribution in [2.24, 2.45) is 0 Å². The zero-order valence-corrected chi connectivity index (χ0v) is 4.03. The van der Waals surface area contributed by atoms with E-state index in [1.165, 1.54) is 0 Å². The van der Waals surface area contributed by atoms with Crippen molar-refractivity contribution in [3.8, 4) is 0 Å². The Morgan fingerprint density at radius 2 is 2.67 bits per heavy atom. The number of allylic oxidation sites excluding steroid dienone is 2. The van der Waals surface area contributed by atoms with Gasteiger partial charge >= 0.3 is 0 Å². The molecule has 0 saturated carbocycles. The van der Waals surface area contributed by atoms with Crippen LogP contribution in [0, 0.1) is 0 Å². The Balaban J connectivity index is 2.02. The molecule has 0 atom stereocenters. The molecule has 34 valence electrons. The van der Waals surface area contributed by atoms with Crippen molar-refractivity contribution < 1.29 is 4.74 Å². The van der Waals surface area contributed by atoms with Crippen LogP contribution in [0.1, 0.15) is 6.42 Å². The van der Waals surface area contributed by atoms with Gasteiger partial charge in [0.1, 0.15) is 0 Å². The van der Waals surface area contributed by atoms with Crippen LogP contribution in [0.5, 0.6) is 0 Å². The second kappa shape index (κ2) is 1.52. The lowest BCUT2D eigenvalue weighted by atomic mass is 10.8. The summed E-state index contributed by atoms with van der Waals surface area (Å²) in [6.45, 7) is 0. The highest BCUT2D eigenvalue weighted by Gasteiger charge is 2.05. The van der Waals surface area contributed by atoms with Crippen LogP contribution in [0.25, 0.3) is 0 Å². The van der Waals surface area contributed by atoms with Crippen LogP contribution < -0.4 is 0 Å². The predicted octanol–water partition coefficient (Wildman–Crippen LogP) is 1.49. The van der Waals surface area contributed by atoms with E-state index in [0.717, 1.165) is 12.2 Å². The van der Waals surface area contributed by atoms with Gasteiger partial charge in [-0.05, 0) is 6.08 Å². The Bertz CT molecular complexity index is 77.6. The number of ether oxygens (including phenoxy) is 1. The van der Waals surface area contributed by atoms with E-state index in [0.29, 0.717) is 6.07 Å². The Hall–Kier alpha value is -0.170. The standard InChI is InChI=1S/C4H5ClO/c5-3-6-4-1-2-4/h1H,2-3H2. The van der Waals surface area contributed by atoms with Gasteiger partial charge in [0.05, 0.1) is 5.76 Å². The van der Waals surface area contributed by atoms with Crippen molar-refractivity contribution >= 4 is 11.6 Å². The number of hydrogen-bond acceptors (Lipinski definition) is 1. The first kappa shape index (κ1) is 4.00. The third-order valence-corrected chi connectivity index (χ3v) is 0.720. The van der Waals surface area contributed by atoms with E-state index in [4.69, 9.17) is 16.3 Å². The molecule has 0 aromatic heterocycles. The molecule has 1 aliphatic carbocycles. The van der Waals surface area contributed by atoms with E-state index in [9.17, 15) is 0 Å². The van der Waals surface area contributed by atoms with Gasteiger partial charge in [-0.25, -0.2) is 0 Å². The maximum atomic E-state index is 5.17. The van der Waals surface area contributed by atoms with Gasteiger partial charge in [-0.3, -0.25) is 0 Å². The fourth-order valence-corrected chi connectivity index (χ4v) is 0.370. The van der Waals surface area contributed by atoms with Gasteiger partial charge in [-0.1, -0.05) is 11.6 Å². The quantitative estimate of drug-likeness (QED) is 0.483. The third kappa shape index (κ3) is 0.902. The molecule has 0 heterocycles. The molecule has 0 bridgehead atoms. The van der Waals surface area contributed by atoms with Crippen LogP contribution in [0.15, 0.2) is 11.8 Å². The number of rotatable bonds is 2. The fraction of sp³-hybridized carbons (Fsp3) is 0.500. The highest BCUT2D eigenvalue weighted by Crippen LogP contribution is 2.18. The SMILES string of the molecule is ClCOC1=CC1. The van der Waals surface area contributed by atoms with E-state index in [1.54, 1.807) is 0 Å². The first-order chi connectivity index (χ1) is 2.93. The van der Waals surface area contributed by atoms with Crippen molar-refractivity contribution in [3.63, 3.8) is 0 Å². The molecule has 0 aliphatic heterocycles. The van der Waals surface area contributed by atoms with Crippen molar-refractivity contribution in [1.29, 1.82) is 0 Å². The molecule has 0 fully saturated rings. The van der Waals surface area contributed by atoms with Gasteiger partial charge < -0.3 is 4.74 Å². The second-order valence-corrected chi connectivity index (χ2v) is 1.35. The number of alkyl halides is 1. The summed E-state index contributed by atoms with van der Waals surface area (Å²) in [5, 5.41) is 0. The summed E-state index contributed by atoms with van der Waals surface area (Å²) in [6.07, 6.45) is 3.00. The van der Waals surface area contributed by atoms with Gasteiger partial charge in [-0.2, -0.15) is 0 Å². The summed E-state index contributed by atoms with van der Waals surface area (Å²) in [5.74, 6) is 1.03. The van der Waals surface area contributed by atoms with Gasteiger partial charge in [0, 0.05) is 6.42 Å². The highest BCUT2D eigenvalue weighted by atomic mass is 35.5. The van der Waals surface area contributed by atoms with E-state index >= 15 is 0 Å². The summed E-state index contributed by atoms with van der Waals surface area (Å²) >= 11 is 5.17. The number of hydrogen-bond donors (Lipinski definition) is 0. The Labute approximate surface area is 41.6 Å². The van der Waals surface area contributed by atoms with Crippen LogP contribution in [-0.2, 0) is 4.74 Å². The van der Waals surface area contributed by atoms with Gasteiger partial charge in [0.2, 0.25) is 0 Å². The lowest BCUT2D eigenvalue weighted by Gasteiger charge is -1.87. The van der Waals surface area contributed by atoms with Crippen LogP contribution in [0.2, 0.25) is 0 Å². The Morgan fingerprint density at radius 3 is 2.83 bits per heavy atom. The molecule has 1 aliphatic rings. The van der Waals surface area contributed by atoms with E-state index in [1.807, 2.05) is 6.08 Å². The van der Waals surface area contributed by atoms with Crippen LogP contribution in [0.3, 0.4) is 0 Å². The minimum atomic E-state index is 0.297. The molecule has 0 unspecified atom stereocenters. The molecule has 0 aromatic rings. The Morgan fingerprint density at radius 1 is 2.00 bits per heavy atom. The maximum Gasteiger partial charge on any atom is 0.161 e. The second-order valence-electron chi connectivity index (χ2n) is 1.13. The Kier molecular flexibility index (Phi) is 1.01. The first-order valence-electron chi connectivity index (χ1n) is 1.81. The molecular formula is C4H5ClO. The molecule has 0 N–H and O–H groups in total. The summed E-state index contributed by atoms with van der Waals surface area (Å²) in [6, 6.07) is 0.297. The average molecular weight is 105 g/mol. The van der Waals surface area contributed by atoms with Crippen molar-refractivity contribution in [3.05, 3.63) is 11.8 Å². The summed E-state index contributed by atoms with van der Waals surface area (Å²) < 4.78 is 4.78. The molecular weight excluding hydrogens is 99.5 g/mol. The van der Waals surface area contributed by atoms with Crippen molar-refractivity contribution in [2.45, 2.75) is 6.42 Å². The monoisotopic (exact) mass is 104 g/mol. The molecule has 6 heavy (non-hydrogen) atoms. The lowest BCUT2D eigenvalue weighted by molar-refractivity contribution is 0.285. The average Bonchev–Trinajstić information content (AvgIpc) is 2.21. The van der Waals surface area contributed by atoms with Crippen LogP contribution in [-0.4, -0.2) is 6.07 Å². The molecule has 0 saturated heterocycles. The molecule has 0 aromatic carbocycles. The largest absolute Gasteiger partial charge is 0.482 e.